The molecule has 0 bridgehead atoms. The van der Waals surface area contributed by atoms with Gasteiger partial charge in [0.05, 0.1) is 0 Å². The molecular formula is C18H12N4. The molecule has 0 aliphatic heterocycles. The van der Waals surface area contributed by atoms with Gasteiger partial charge in [0.1, 0.15) is 35.4 Å². The first-order valence-electron chi connectivity index (χ1n) is 6.29. The number of allylic oxidation sites excluding steroid dienone is 10. The van der Waals surface area contributed by atoms with Crippen LogP contribution in [0.2, 0.25) is 0 Å². The van der Waals surface area contributed by atoms with Crippen molar-refractivity contribution in [3.05, 3.63) is 69.9 Å². The summed E-state index contributed by atoms with van der Waals surface area (Å²) in [6, 6.07) is 7.45. The SMILES string of the molecule is C=CC1=C(C=C)C(=C(C#N)C#N)C(=C(C)C)C1=C(C#N)C#N. The van der Waals surface area contributed by atoms with E-state index in [0.29, 0.717) is 27.9 Å². The highest BCUT2D eigenvalue weighted by atomic mass is 14.4. The van der Waals surface area contributed by atoms with E-state index in [1.807, 2.05) is 24.3 Å². The molecule has 104 valence electrons. The summed E-state index contributed by atoms with van der Waals surface area (Å²) in [6.07, 6.45) is 3.01. The maximum absolute atomic E-state index is 9.22. The molecule has 0 aromatic carbocycles. The first-order chi connectivity index (χ1) is 10.5. The van der Waals surface area contributed by atoms with Gasteiger partial charge in [-0.3, -0.25) is 0 Å². The summed E-state index contributed by atoms with van der Waals surface area (Å²) < 4.78 is 0. The van der Waals surface area contributed by atoms with Crippen LogP contribution in [0.1, 0.15) is 13.8 Å². The Bertz CT molecular complexity index is 758. The molecule has 1 rings (SSSR count). The summed E-state index contributed by atoms with van der Waals surface area (Å²) in [4.78, 5) is 0. The Labute approximate surface area is 129 Å². The number of hydrogen-bond donors (Lipinski definition) is 0. The van der Waals surface area contributed by atoms with Crippen LogP contribution >= 0.6 is 0 Å². The number of rotatable bonds is 2. The molecule has 0 fully saturated rings. The van der Waals surface area contributed by atoms with Crippen LogP contribution in [0.4, 0.5) is 0 Å². The van der Waals surface area contributed by atoms with E-state index in [2.05, 4.69) is 13.2 Å². The van der Waals surface area contributed by atoms with Gasteiger partial charge in [-0.2, -0.15) is 21.0 Å². The summed E-state index contributed by atoms with van der Waals surface area (Å²) in [5.74, 6) is 0. The van der Waals surface area contributed by atoms with Crippen molar-refractivity contribution >= 4 is 0 Å². The lowest BCUT2D eigenvalue weighted by Gasteiger charge is -2.09. The molecular weight excluding hydrogens is 272 g/mol. The molecule has 0 atom stereocenters. The summed E-state index contributed by atoms with van der Waals surface area (Å²) >= 11 is 0. The Hall–Kier alpha value is -3.60. The van der Waals surface area contributed by atoms with E-state index in [1.54, 1.807) is 13.8 Å². The normalized spacial score (nSPS) is 12.7. The molecule has 0 amide bonds. The van der Waals surface area contributed by atoms with Gasteiger partial charge in [-0.25, -0.2) is 0 Å². The first-order valence-corrected chi connectivity index (χ1v) is 6.29. The van der Waals surface area contributed by atoms with Crippen molar-refractivity contribution in [3.8, 4) is 24.3 Å². The second-order valence-electron chi connectivity index (χ2n) is 4.56. The predicted molar refractivity (Wildman–Crippen MR) is 82.3 cm³/mol. The van der Waals surface area contributed by atoms with Crippen LogP contribution in [0.5, 0.6) is 0 Å². The van der Waals surface area contributed by atoms with Crippen LogP contribution in [0.3, 0.4) is 0 Å². The average Bonchev–Trinajstić information content (AvgIpc) is 2.84. The smallest absolute Gasteiger partial charge is 0.138 e. The highest BCUT2D eigenvalue weighted by Gasteiger charge is 2.32. The number of nitrogens with zero attached hydrogens (tertiary/aromatic N) is 4. The number of hydrogen-bond acceptors (Lipinski definition) is 4. The fourth-order valence-corrected chi connectivity index (χ4v) is 2.38. The van der Waals surface area contributed by atoms with Crippen molar-refractivity contribution in [3.63, 3.8) is 0 Å². The van der Waals surface area contributed by atoms with E-state index in [9.17, 15) is 21.0 Å². The Morgan fingerprint density at radius 2 is 1.05 bits per heavy atom. The van der Waals surface area contributed by atoms with Crippen LogP contribution in [0.25, 0.3) is 0 Å². The molecule has 22 heavy (non-hydrogen) atoms. The fourth-order valence-electron chi connectivity index (χ4n) is 2.38. The highest BCUT2D eigenvalue weighted by molar-refractivity contribution is 5.83. The molecule has 0 spiro atoms. The zero-order valence-corrected chi connectivity index (χ0v) is 12.4. The third kappa shape index (κ3) is 2.38. The monoisotopic (exact) mass is 284 g/mol. The zero-order valence-electron chi connectivity index (χ0n) is 12.4. The lowest BCUT2D eigenvalue weighted by Crippen LogP contribution is -1.96. The zero-order chi connectivity index (χ0) is 16.9. The van der Waals surface area contributed by atoms with Crippen LogP contribution in [-0.4, -0.2) is 0 Å². The maximum atomic E-state index is 9.22. The maximum Gasteiger partial charge on any atom is 0.138 e. The van der Waals surface area contributed by atoms with E-state index in [1.165, 1.54) is 12.2 Å². The summed E-state index contributed by atoms with van der Waals surface area (Å²) in [7, 11) is 0. The third-order valence-electron chi connectivity index (χ3n) is 3.18. The van der Waals surface area contributed by atoms with Crippen molar-refractivity contribution < 1.29 is 0 Å². The standard InChI is InChI=1S/C18H12N4/c1-5-14-15(6-2)18(13(9-21)10-22)16(11(3)4)17(14)12(7-19)8-20/h5-6H,1-2H2,3-4H3. The van der Waals surface area contributed by atoms with Crippen molar-refractivity contribution in [1.82, 2.24) is 0 Å². The van der Waals surface area contributed by atoms with Crippen molar-refractivity contribution in [2.75, 3.05) is 0 Å². The quantitative estimate of drug-likeness (QED) is 0.722. The van der Waals surface area contributed by atoms with E-state index in [-0.39, 0.29) is 11.1 Å². The summed E-state index contributed by atoms with van der Waals surface area (Å²) in [6.45, 7) is 11.0. The average molecular weight is 284 g/mol. The number of nitriles is 4. The van der Waals surface area contributed by atoms with E-state index < -0.39 is 0 Å². The Kier molecular flexibility index (Phi) is 5.02. The minimum atomic E-state index is -0.0873. The molecule has 0 aromatic rings. The Balaban J connectivity index is 4.21. The van der Waals surface area contributed by atoms with Crippen molar-refractivity contribution in [2.45, 2.75) is 13.8 Å². The third-order valence-corrected chi connectivity index (χ3v) is 3.18. The highest BCUT2D eigenvalue weighted by Crippen LogP contribution is 2.46. The molecule has 0 unspecified atom stereocenters. The second kappa shape index (κ2) is 6.71. The topological polar surface area (TPSA) is 95.2 Å². The van der Waals surface area contributed by atoms with E-state index >= 15 is 0 Å². The van der Waals surface area contributed by atoms with Gasteiger partial charge in [-0.15, -0.1) is 0 Å². The van der Waals surface area contributed by atoms with Crippen LogP contribution in [0, 0.1) is 45.3 Å². The van der Waals surface area contributed by atoms with Gasteiger partial charge in [-0.1, -0.05) is 30.9 Å². The first kappa shape index (κ1) is 16.5. The molecule has 0 aromatic heterocycles. The Morgan fingerprint density at radius 1 is 0.727 bits per heavy atom. The van der Waals surface area contributed by atoms with Crippen molar-refractivity contribution in [2.24, 2.45) is 0 Å². The minimum Gasteiger partial charge on any atom is -0.192 e. The van der Waals surface area contributed by atoms with Crippen LogP contribution in [0.15, 0.2) is 69.9 Å². The van der Waals surface area contributed by atoms with E-state index in [0.717, 1.165) is 5.57 Å². The van der Waals surface area contributed by atoms with Gasteiger partial charge in [0, 0.05) is 11.1 Å². The largest absolute Gasteiger partial charge is 0.192 e. The molecule has 1 aliphatic carbocycles. The van der Waals surface area contributed by atoms with Crippen molar-refractivity contribution in [1.29, 1.82) is 21.0 Å². The van der Waals surface area contributed by atoms with Crippen LogP contribution in [-0.2, 0) is 0 Å². The van der Waals surface area contributed by atoms with Gasteiger partial charge >= 0.3 is 0 Å². The van der Waals surface area contributed by atoms with Gasteiger partial charge in [-0.05, 0) is 30.6 Å². The van der Waals surface area contributed by atoms with Crippen LogP contribution < -0.4 is 0 Å². The molecule has 1 aliphatic rings. The Morgan fingerprint density at radius 3 is 1.23 bits per heavy atom. The molecule has 4 heteroatoms. The molecule has 0 N–H and O–H groups in total. The lowest BCUT2D eigenvalue weighted by atomic mass is 9.91. The molecule has 0 heterocycles. The minimum absolute atomic E-state index is 0.0873. The molecule has 4 nitrogen and oxygen atoms in total. The molecule has 0 saturated carbocycles. The fraction of sp³-hybridized carbons (Fsp3) is 0.111. The van der Waals surface area contributed by atoms with Gasteiger partial charge in [0.25, 0.3) is 0 Å². The molecule has 0 radical (unpaired) electrons. The summed E-state index contributed by atoms with van der Waals surface area (Å²) in [5.41, 5.74) is 3.00. The van der Waals surface area contributed by atoms with Gasteiger partial charge in [0.15, 0.2) is 0 Å². The van der Waals surface area contributed by atoms with Gasteiger partial charge in [0.2, 0.25) is 0 Å². The summed E-state index contributed by atoms with van der Waals surface area (Å²) in [5, 5.41) is 36.9. The molecule has 0 saturated heterocycles. The van der Waals surface area contributed by atoms with Gasteiger partial charge < -0.3 is 0 Å². The predicted octanol–water partition coefficient (Wildman–Crippen LogP) is 3.69. The van der Waals surface area contributed by atoms with E-state index in [4.69, 9.17) is 0 Å². The lowest BCUT2D eigenvalue weighted by molar-refractivity contribution is 1.28. The second-order valence-corrected chi connectivity index (χ2v) is 4.56.